The molecule has 0 spiro atoms. The molecule has 2 aliphatic heterocycles. The maximum Gasteiger partial charge on any atom is 0.124 e. The summed E-state index contributed by atoms with van der Waals surface area (Å²) >= 11 is 0. The SMILES string of the molecule is CN1CC(Oc2cccc(C3(C)CCCN3)c2)C1. The molecule has 98 valence electrons. The van der Waals surface area contributed by atoms with Crippen LogP contribution < -0.4 is 10.1 Å². The summed E-state index contributed by atoms with van der Waals surface area (Å²) in [4.78, 5) is 2.27. The highest BCUT2D eigenvalue weighted by Gasteiger charge is 2.30. The Bertz CT molecular complexity index is 420. The van der Waals surface area contributed by atoms with E-state index in [4.69, 9.17) is 4.74 Å². The second-order valence-electron chi connectivity index (χ2n) is 5.85. The van der Waals surface area contributed by atoms with Crippen LogP contribution in [0, 0.1) is 0 Å². The Balaban J connectivity index is 1.72. The van der Waals surface area contributed by atoms with Crippen LogP contribution in [0.4, 0.5) is 0 Å². The minimum atomic E-state index is 0.135. The van der Waals surface area contributed by atoms with Gasteiger partial charge in [0.15, 0.2) is 0 Å². The highest BCUT2D eigenvalue weighted by molar-refractivity contribution is 5.34. The van der Waals surface area contributed by atoms with Crippen molar-refractivity contribution in [3.8, 4) is 5.75 Å². The topological polar surface area (TPSA) is 24.5 Å². The first-order valence-electron chi connectivity index (χ1n) is 6.86. The van der Waals surface area contributed by atoms with Crippen molar-refractivity contribution in [2.75, 3.05) is 26.7 Å². The number of nitrogens with zero attached hydrogens (tertiary/aromatic N) is 1. The van der Waals surface area contributed by atoms with Crippen molar-refractivity contribution in [3.05, 3.63) is 29.8 Å². The van der Waals surface area contributed by atoms with Gasteiger partial charge in [0.05, 0.1) is 0 Å². The van der Waals surface area contributed by atoms with Gasteiger partial charge in [-0.2, -0.15) is 0 Å². The maximum absolute atomic E-state index is 6.00. The third kappa shape index (κ3) is 2.25. The fraction of sp³-hybridized carbons (Fsp3) is 0.600. The fourth-order valence-corrected chi connectivity index (χ4v) is 2.96. The van der Waals surface area contributed by atoms with Crippen molar-refractivity contribution in [1.29, 1.82) is 0 Å². The predicted molar refractivity (Wildman–Crippen MR) is 72.9 cm³/mol. The van der Waals surface area contributed by atoms with E-state index in [9.17, 15) is 0 Å². The summed E-state index contributed by atoms with van der Waals surface area (Å²) in [6, 6.07) is 8.59. The molecule has 1 aromatic carbocycles. The van der Waals surface area contributed by atoms with Gasteiger partial charge < -0.3 is 10.1 Å². The van der Waals surface area contributed by atoms with E-state index in [-0.39, 0.29) is 5.54 Å². The Morgan fingerprint density at radius 2 is 2.22 bits per heavy atom. The molecule has 0 amide bonds. The third-order valence-electron chi connectivity index (χ3n) is 4.17. The molecule has 2 aliphatic rings. The third-order valence-corrected chi connectivity index (χ3v) is 4.17. The molecule has 0 radical (unpaired) electrons. The van der Waals surface area contributed by atoms with Crippen molar-refractivity contribution in [2.24, 2.45) is 0 Å². The largest absolute Gasteiger partial charge is 0.488 e. The summed E-state index contributed by atoms with van der Waals surface area (Å²) in [7, 11) is 2.12. The molecule has 2 fully saturated rings. The molecule has 0 bridgehead atoms. The van der Waals surface area contributed by atoms with Crippen molar-refractivity contribution < 1.29 is 4.74 Å². The van der Waals surface area contributed by atoms with E-state index in [0.29, 0.717) is 6.10 Å². The number of benzene rings is 1. The monoisotopic (exact) mass is 246 g/mol. The molecule has 0 saturated carbocycles. The van der Waals surface area contributed by atoms with E-state index in [2.05, 4.69) is 48.5 Å². The molecule has 1 N–H and O–H groups in total. The van der Waals surface area contributed by atoms with Crippen LogP contribution in [0.1, 0.15) is 25.3 Å². The zero-order valence-electron chi connectivity index (χ0n) is 11.3. The first-order chi connectivity index (χ1) is 8.66. The van der Waals surface area contributed by atoms with E-state index in [0.717, 1.165) is 25.4 Å². The van der Waals surface area contributed by atoms with Crippen LogP contribution in [0.3, 0.4) is 0 Å². The van der Waals surface area contributed by atoms with Gasteiger partial charge in [0.25, 0.3) is 0 Å². The van der Waals surface area contributed by atoms with E-state index >= 15 is 0 Å². The number of nitrogens with one attached hydrogen (secondary N) is 1. The van der Waals surface area contributed by atoms with Crippen LogP contribution in [0.2, 0.25) is 0 Å². The second kappa shape index (κ2) is 4.56. The standard InChI is InChI=1S/C15H22N2O/c1-15(7-4-8-16-15)12-5-3-6-13(9-12)18-14-10-17(2)11-14/h3,5-6,9,14,16H,4,7-8,10-11H2,1-2H3. The van der Waals surface area contributed by atoms with Gasteiger partial charge in [0, 0.05) is 18.6 Å². The number of ether oxygens (including phenoxy) is 1. The van der Waals surface area contributed by atoms with Crippen molar-refractivity contribution in [1.82, 2.24) is 10.2 Å². The molecule has 2 heterocycles. The highest BCUT2D eigenvalue weighted by atomic mass is 16.5. The lowest BCUT2D eigenvalue weighted by Gasteiger charge is -2.36. The zero-order chi connectivity index (χ0) is 12.6. The Kier molecular flexibility index (Phi) is 3.04. The molecular weight excluding hydrogens is 224 g/mol. The molecule has 0 aliphatic carbocycles. The molecule has 3 heteroatoms. The normalized spacial score (nSPS) is 29.2. The molecule has 0 aromatic heterocycles. The summed E-state index contributed by atoms with van der Waals surface area (Å²) < 4.78 is 6.00. The number of likely N-dealkylation sites (N-methyl/N-ethyl adjacent to an activating group) is 1. The van der Waals surface area contributed by atoms with Gasteiger partial charge in [0.2, 0.25) is 0 Å². The molecule has 1 atom stereocenters. The smallest absolute Gasteiger partial charge is 0.124 e. The summed E-state index contributed by atoms with van der Waals surface area (Å²) in [5.74, 6) is 1.01. The molecule has 1 aromatic rings. The van der Waals surface area contributed by atoms with Gasteiger partial charge >= 0.3 is 0 Å². The quantitative estimate of drug-likeness (QED) is 0.882. The van der Waals surface area contributed by atoms with Crippen molar-refractivity contribution in [3.63, 3.8) is 0 Å². The van der Waals surface area contributed by atoms with Crippen LogP contribution in [0.25, 0.3) is 0 Å². The van der Waals surface area contributed by atoms with Crippen LogP contribution in [-0.4, -0.2) is 37.7 Å². The lowest BCUT2D eigenvalue weighted by molar-refractivity contribution is 0.0387. The van der Waals surface area contributed by atoms with E-state index in [1.54, 1.807) is 0 Å². The maximum atomic E-state index is 6.00. The molecule has 3 rings (SSSR count). The van der Waals surface area contributed by atoms with Gasteiger partial charge in [0.1, 0.15) is 11.9 Å². The Hall–Kier alpha value is -1.06. The molecular formula is C15H22N2O. The van der Waals surface area contributed by atoms with Crippen molar-refractivity contribution >= 4 is 0 Å². The van der Waals surface area contributed by atoms with Crippen LogP contribution in [-0.2, 0) is 5.54 Å². The van der Waals surface area contributed by atoms with Gasteiger partial charge in [-0.15, -0.1) is 0 Å². The average Bonchev–Trinajstić information content (AvgIpc) is 2.76. The lowest BCUT2D eigenvalue weighted by Crippen LogP contribution is -2.51. The van der Waals surface area contributed by atoms with E-state index in [1.807, 2.05) is 0 Å². The Morgan fingerprint density at radius 1 is 1.39 bits per heavy atom. The van der Waals surface area contributed by atoms with Gasteiger partial charge in [-0.3, -0.25) is 4.90 Å². The van der Waals surface area contributed by atoms with Gasteiger partial charge in [-0.25, -0.2) is 0 Å². The highest BCUT2D eigenvalue weighted by Crippen LogP contribution is 2.32. The summed E-state index contributed by atoms with van der Waals surface area (Å²) in [5, 5.41) is 3.60. The minimum absolute atomic E-state index is 0.135. The number of likely N-dealkylation sites (tertiary alicyclic amines) is 1. The zero-order valence-corrected chi connectivity index (χ0v) is 11.3. The fourth-order valence-electron chi connectivity index (χ4n) is 2.96. The number of hydrogen-bond donors (Lipinski definition) is 1. The average molecular weight is 246 g/mol. The number of rotatable bonds is 3. The molecule has 18 heavy (non-hydrogen) atoms. The second-order valence-corrected chi connectivity index (χ2v) is 5.85. The molecule has 3 nitrogen and oxygen atoms in total. The first-order valence-corrected chi connectivity index (χ1v) is 6.86. The van der Waals surface area contributed by atoms with Gasteiger partial charge in [-0.1, -0.05) is 12.1 Å². The predicted octanol–water partition coefficient (Wildman–Crippen LogP) is 1.98. The minimum Gasteiger partial charge on any atom is -0.488 e. The lowest BCUT2D eigenvalue weighted by atomic mass is 9.90. The summed E-state index contributed by atoms with van der Waals surface area (Å²) in [6.45, 7) is 5.49. The van der Waals surface area contributed by atoms with Crippen LogP contribution in [0.5, 0.6) is 5.75 Å². The van der Waals surface area contributed by atoms with Crippen LogP contribution in [0.15, 0.2) is 24.3 Å². The molecule has 1 unspecified atom stereocenters. The van der Waals surface area contributed by atoms with E-state index in [1.165, 1.54) is 18.4 Å². The number of hydrogen-bond acceptors (Lipinski definition) is 3. The Labute approximate surface area is 109 Å². The van der Waals surface area contributed by atoms with Gasteiger partial charge in [-0.05, 0) is 51.1 Å². The first kappa shape index (κ1) is 12.0. The van der Waals surface area contributed by atoms with Crippen LogP contribution >= 0.6 is 0 Å². The summed E-state index contributed by atoms with van der Waals surface area (Å²) in [6.07, 6.45) is 2.84. The van der Waals surface area contributed by atoms with Crippen molar-refractivity contribution in [2.45, 2.75) is 31.4 Å². The molecule has 2 saturated heterocycles. The summed E-state index contributed by atoms with van der Waals surface area (Å²) in [5.41, 5.74) is 1.49. The Morgan fingerprint density at radius 3 is 2.89 bits per heavy atom. The van der Waals surface area contributed by atoms with E-state index < -0.39 is 0 Å².